The molecule has 0 saturated carbocycles. The molecule has 0 bridgehead atoms. The van der Waals surface area contributed by atoms with Crippen molar-refractivity contribution in [2.24, 2.45) is 5.41 Å². The summed E-state index contributed by atoms with van der Waals surface area (Å²) in [5.74, 6) is 0. The summed E-state index contributed by atoms with van der Waals surface area (Å²) in [7, 11) is 0. The van der Waals surface area contributed by atoms with Crippen LogP contribution in [0.1, 0.15) is 66.2 Å². The first-order valence-electron chi connectivity index (χ1n) is 6.91. The molecule has 0 aliphatic rings. The van der Waals surface area contributed by atoms with E-state index in [0.717, 1.165) is 25.7 Å². The molecule has 100 valence electrons. The van der Waals surface area contributed by atoms with E-state index in [2.05, 4.69) is 40.3 Å². The van der Waals surface area contributed by atoms with Crippen molar-refractivity contribution in [3.63, 3.8) is 0 Å². The Kier molecular flexibility index (Phi) is 8.24. The van der Waals surface area contributed by atoms with Crippen molar-refractivity contribution in [1.82, 2.24) is 0 Å². The van der Waals surface area contributed by atoms with Crippen molar-refractivity contribution in [1.29, 1.82) is 0 Å². The van der Waals surface area contributed by atoms with E-state index in [9.17, 15) is 5.11 Å². The standard InChI is InChI=1S/C16H30O/c1-6-8-9-12-15(17)16(5,7-2)13-10-11-14(3)4/h7,11,15,17H,2,6,8-10,12-13H2,1,3-5H3/t15-,16+/m0/s1. The van der Waals surface area contributed by atoms with Crippen molar-refractivity contribution in [2.75, 3.05) is 0 Å². The Morgan fingerprint density at radius 3 is 2.47 bits per heavy atom. The van der Waals surface area contributed by atoms with Crippen LogP contribution in [0.5, 0.6) is 0 Å². The maximum absolute atomic E-state index is 10.3. The molecule has 0 fully saturated rings. The predicted molar refractivity (Wildman–Crippen MR) is 77.1 cm³/mol. The van der Waals surface area contributed by atoms with Gasteiger partial charge in [-0.05, 0) is 33.1 Å². The van der Waals surface area contributed by atoms with Crippen LogP contribution in [0.25, 0.3) is 0 Å². The first kappa shape index (κ1) is 16.4. The quantitative estimate of drug-likeness (QED) is 0.449. The largest absolute Gasteiger partial charge is 0.392 e. The normalized spacial score (nSPS) is 16.1. The minimum Gasteiger partial charge on any atom is -0.392 e. The molecule has 0 saturated heterocycles. The lowest BCUT2D eigenvalue weighted by atomic mass is 9.78. The maximum Gasteiger partial charge on any atom is 0.0628 e. The molecule has 0 heterocycles. The van der Waals surface area contributed by atoms with E-state index in [-0.39, 0.29) is 11.5 Å². The highest BCUT2D eigenvalue weighted by atomic mass is 16.3. The minimum atomic E-state index is -0.253. The van der Waals surface area contributed by atoms with Crippen molar-refractivity contribution < 1.29 is 5.11 Å². The van der Waals surface area contributed by atoms with Crippen molar-refractivity contribution in [3.8, 4) is 0 Å². The third-order valence-corrected chi connectivity index (χ3v) is 3.54. The first-order chi connectivity index (χ1) is 7.96. The molecule has 0 aromatic rings. The average Bonchev–Trinajstić information content (AvgIpc) is 2.28. The van der Waals surface area contributed by atoms with Gasteiger partial charge in [-0.25, -0.2) is 0 Å². The summed E-state index contributed by atoms with van der Waals surface area (Å²) in [6.07, 6.45) is 10.3. The summed E-state index contributed by atoms with van der Waals surface area (Å²) in [5, 5.41) is 10.3. The second kappa shape index (κ2) is 8.52. The zero-order valence-electron chi connectivity index (χ0n) is 12.1. The zero-order valence-corrected chi connectivity index (χ0v) is 12.1. The SMILES string of the molecule is C=C[C@](C)(CCC=C(C)C)[C@@H](O)CCCCC. The summed E-state index contributed by atoms with van der Waals surface area (Å²) in [4.78, 5) is 0. The van der Waals surface area contributed by atoms with Gasteiger partial charge in [0.25, 0.3) is 0 Å². The predicted octanol–water partition coefficient (Wildman–Crippen LogP) is 4.87. The fourth-order valence-corrected chi connectivity index (χ4v) is 1.99. The van der Waals surface area contributed by atoms with Gasteiger partial charge >= 0.3 is 0 Å². The second-order valence-corrected chi connectivity index (χ2v) is 5.54. The molecule has 0 aliphatic heterocycles. The van der Waals surface area contributed by atoms with E-state index >= 15 is 0 Å². The molecule has 17 heavy (non-hydrogen) atoms. The van der Waals surface area contributed by atoms with Gasteiger partial charge in [0, 0.05) is 5.41 Å². The van der Waals surface area contributed by atoms with Crippen LogP contribution in [0.4, 0.5) is 0 Å². The Morgan fingerprint density at radius 1 is 1.35 bits per heavy atom. The molecule has 0 aromatic carbocycles. The molecule has 0 rings (SSSR count). The van der Waals surface area contributed by atoms with Gasteiger partial charge in [-0.1, -0.05) is 50.8 Å². The molecule has 1 nitrogen and oxygen atoms in total. The van der Waals surface area contributed by atoms with Gasteiger partial charge in [-0.3, -0.25) is 0 Å². The van der Waals surface area contributed by atoms with E-state index in [1.54, 1.807) is 0 Å². The van der Waals surface area contributed by atoms with Crippen molar-refractivity contribution in [2.45, 2.75) is 72.3 Å². The number of rotatable bonds is 9. The molecule has 1 heteroatoms. The fourth-order valence-electron chi connectivity index (χ4n) is 1.99. The van der Waals surface area contributed by atoms with Gasteiger partial charge < -0.3 is 5.11 Å². The van der Waals surface area contributed by atoms with Crippen LogP contribution in [-0.2, 0) is 0 Å². The number of hydrogen-bond acceptors (Lipinski definition) is 1. The molecule has 1 N–H and O–H groups in total. The van der Waals surface area contributed by atoms with Crippen LogP contribution in [0.3, 0.4) is 0 Å². The molecule has 0 spiro atoms. The summed E-state index contributed by atoms with van der Waals surface area (Å²) >= 11 is 0. The number of aliphatic hydroxyl groups is 1. The Balaban J connectivity index is 4.23. The molecule has 0 aliphatic carbocycles. The van der Waals surface area contributed by atoms with Gasteiger partial charge in [0.2, 0.25) is 0 Å². The van der Waals surface area contributed by atoms with Gasteiger partial charge in [-0.2, -0.15) is 0 Å². The minimum absolute atomic E-state index is 0.139. The van der Waals surface area contributed by atoms with Crippen LogP contribution in [0, 0.1) is 5.41 Å². The lowest BCUT2D eigenvalue weighted by molar-refractivity contribution is 0.0554. The van der Waals surface area contributed by atoms with Gasteiger partial charge in [0.15, 0.2) is 0 Å². The van der Waals surface area contributed by atoms with Crippen molar-refractivity contribution >= 4 is 0 Å². The highest BCUT2D eigenvalue weighted by Crippen LogP contribution is 2.32. The molecule has 0 aromatic heterocycles. The monoisotopic (exact) mass is 238 g/mol. The molecule has 0 radical (unpaired) electrons. The molecule has 0 amide bonds. The lowest BCUT2D eigenvalue weighted by Crippen LogP contribution is -2.30. The first-order valence-corrected chi connectivity index (χ1v) is 6.91. The number of unbranched alkanes of at least 4 members (excludes halogenated alkanes) is 2. The lowest BCUT2D eigenvalue weighted by Gasteiger charge is -2.31. The smallest absolute Gasteiger partial charge is 0.0628 e. The Labute approximate surface area is 108 Å². The van der Waals surface area contributed by atoms with Crippen LogP contribution >= 0.6 is 0 Å². The summed E-state index contributed by atoms with van der Waals surface area (Å²) < 4.78 is 0. The Bertz CT molecular complexity index is 238. The van der Waals surface area contributed by atoms with E-state index < -0.39 is 0 Å². The van der Waals surface area contributed by atoms with E-state index in [1.807, 2.05) is 6.08 Å². The summed E-state index contributed by atoms with van der Waals surface area (Å²) in [6.45, 7) is 12.4. The third-order valence-electron chi connectivity index (χ3n) is 3.54. The fraction of sp³-hybridized carbons (Fsp3) is 0.750. The third kappa shape index (κ3) is 6.68. The summed E-state index contributed by atoms with van der Waals surface area (Å²) in [6, 6.07) is 0. The molecule has 0 unspecified atom stereocenters. The van der Waals surface area contributed by atoms with Gasteiger partial charge in [0.05, 0.1) is 6.10 Å². The topological polar surface area (TPSA) is 20.2 Å². The van der Waals surface area contributed by atoms with Crippen LogP contribution in [0.15, 0.2) is 24.3 Å². The second-order valence-electron chi connectivity index (χ2n) is 5.54. The Hall–Kier alpha value is -0.560. The Morgan fingerprint density at radius 2 is 2.00 bits per heavy atom. The van der Waals surface area contributed by atoms with E-state index in [0.29, 0.717) is 0 Å². The molecule has 2 atom stereocenters. The van der Waals surface area contributed by atoms with E-state index in [4.69, 9.17) is 0 Å². The average molecular weight is 238 g/mol. The van der Waals surface area contributed by atoms with Crippen LogP contribution in [0.2, 0.25) is 0 Å². The maximum atomic E-state index is 10.3. The zero-order chi connectivity index (χ0) is 13.3. The van der Waals surface area contributed by atoms with Gasteiger partial charge in [0.1, 0.15) is 0 Å². The van der Waals surface area contributed by atoms with Gasteiger partial charge in [-0.15, -0.1) is 6.58 Å². The molecular formula is C16H30O. The number of allylic oxidation sites excluding steroid dienone is 2. The highest BCUT2D eigenvalue weighted by molar-refractivity contribution is 5.00. The number of hydrogen-bond donors (Lipinski definition) is 1. The van der Waals surface area contributed by atoms with Crippen molar-refractivity contribution in [3.05, 3.63) is 24.3 Å². The molecular weight excluding hydrogens is 208 g/mol. The van der Waals surface area contributed by atoms with Crippen LogP contribution < -0.4 is 0 Å². The van der Waals surface area contributed by atoms with E-state index in [1.165, 1.54) is 18.4 Å². The highest BCUT2D eigenvalue weighted by Gasteiger charge is 2.28. The number of aliphatic hydroxyl groups excluding tert-OH is 1. The van der Waals surface area contributed by atoms with Crippen LogP contribution in [-0.4, -0.2) is 11.2 Å². The summed E-state index contributed by atoms with van der Waals surface area (Å²) in [5.41, 5.74) is 1.21.